The number of hydrogen-bond donors (Lipinski definition) is 8. The van der Waals surface area contributed by atoms with Gasteiger partial charge in [0.2, 0.25) is 0 Å². The van der Waals surface area contributed by atoms with Crippen LogP contribution >= 0.6 is 12.2 Å². The molecule has 94 valence electrons. The van der Waals surface area contributed by atoms with Crippen LogP contribution in [0.5, 0.6) is 0 Å². The molecule has 8 N–H and O–H groups in total. The molecule has 0 aromatic carbocycles. The Balaban J connectivity index is 2.50. The zero-order chi connectivity index (χ0) is 12.3. The van der Waals surface area contributed by atoms with E-state index in [1.54, 1.807) is 0 Å². The smallest absolute Gasteiger partial charge is 0.195 e. The Morgan fingerprint density at radius 3 is 2.00 bits per heavy atom. The highest BCUT2D eigenvalue weighted by Crippen LogP contribution is 2.07. The number of aliphatic hydroxyl groups excluding tert-OH is 4. The molecule has 0 aromatic rings. The number of hydrogen-bond acceptors (Lipinski definition) is 7. The first-order valence-corrected chi connectivity index (χ1v) is 5.13. The zero-order valence-electron chi connectivity index (χ0n) is 8.58. The molecule has 1 rings (SSSR count). The van der Waals surface area contributed by atoms with Gasteiger partial charge in [-0.2, -0.15) is 0 Å². The number of thiocarbonyl (C=S) groups is 1. The fourth-order valence-electron chi connectivity index (χ4n) is 1.21. The largest absolute Gasteiger partial charge is 0.391 e. The summed E-state index contributed by atoms with van der Waals surface area (Å²) < 4.78 is 0. The van der Waals surface area contributed by atoms with Gasteiger partial charge in [0.15, 0.2) is 5.11 Å². The molecule has 8 nitrogen and oxygen atoms in total. The van der Waals surface area contributed by atoms with Crippen LogP contribution in [0.2, 0.25) is 0 Å². The van der Waals surface area contributed by atoms with Crippen molar-refractivity contribution in [2.45, 2.75) is 37.5 Å². The fraction of sp³-hybridized carbons (Fsp3) is 0.857. The van der Waals surface area contributed by atoms with Crippen molar-refractivity contribution in [3.05, 3.63) is 0 Å². The summed E-state index contributed by atoms with van der Waals surface area (Å²) in [7, 11) is 0. The van der Waals surface area contributed by atoms with Gasteiger partial charge >= 0.3 is 0 Å². The van der Waals surface area contributed by atoms with Crippen molar-refractivity contribution >= 4 is 17.3 Å². The molecule has 1 aliphatic rings. The van der Waals surface area contributed by atoms with Gasteiger partial charge in [0.25, 0.3) is 0 Å². The van der Waals surface area contributed by atoms with Crippen LogP contribution in [0.3, 0.4) is 0 Å². The zero-order valence-corrected chi connectivity index (χ0v) is 9.40. The molecule has 0 bridgehead atoms. The Morgan fingerprint density at radius 1 is 1.06 bits per heavy atom. The summed E-state index contributed by atoms with van der Waals surface area (Å²) in [5.41, 5.74) is 10.2. The van der Waals surface area contributed by atoms with Crippen molar-refractivity contribution in [1.82, 2.24) is 21.7 Å². The van der Waals surface area contributed by atoms with Crippen LogP contribution in [0.4, 0.5) is 0 Å². The molecule has 0 aromatic heterocycles. The minimum absolute atomic E-state index is 0.286. The van der Waals surface area contributed by atoms with Crippen LogP contribution < -0.4 is 21.7 Å². The summed E-state index contributed by atoms with van der Waals surface area (Å²) in [5, 5.41) is 37.9. The van der Waals surface area contributed by atoms with Gasteiger partial charge in [0, 0.05) is 0 Å². The lowest BCUT2D eigenvalue weighted by molar-refractivity contribution is -0.113. The predicted octanol–water partition coefficient (Wildman–Crippen LogP) is -3.74. The molecule has 16 heavy (non-hydrogen) atoms. The number of rotatable bonds is 4. The maximum atomic E-state index is 9.68. The molecule has 1 aliphatic heterocycles. The molecule has 0 radical (unpaired) electrons. The summed E-state index contributed by atoms with van der Waals surface area (Å²) in [4.78, 5) is 0. The van der Waals surface area contributed by atoms with Crippen LogP contribution in [0.1, 0.15) is 6.92 Å². The highest BCUT2D eigenvalue weighted by atomic mass is 32.1. The van der Waals surface area contributed by atoms with Gasteiger partial charge in [-0.3, -0.25) is 10.9 Å². The first kappa shape index (κ1) is 13.5. The Hall–Kier alpha value is -0.550. The lowest BCUT2D eigenvalue weighted by Gasteiger charge is -2.34. The first-order valence-electron chi connectivity index (χ1n) is 4.72. The second-order valence-corrected chi connectivity index (χ2v) is 3.97. The van der Waals surface area contributed by atoms with Gasteiger partial charge in [0.1, 0.15) is 24.5 Å². The number of hydrazine groups is 2. The third-order valence-electron chi connectivity index (χ3n) is 2.22. The van der Waals surface area contributed by atoms with Crippen molar-refractivity contribution in [1.29, 1.82) is 0 Å². The van der Waals surface area contributed by atoms with E-state index in [4.69, 9.17) is 17.3 Å². The van der Waals surface area contributed by atoms with Crippen LogP contribution in [0.25, 0.3) is 0 Å². The molecule has 9 heteroatoms. The lowest BCUT2D eigenvalue weighted by Crippen LogP contribution is -2.71. The third-order valence-corrected chi connectivity index (χ3v) is 2.42. The molecular formula is C7H16N4O4S. The van der Waals surface area contributed by atoms with E-state index in [1.807, 2.05) is 0 Å². The van der Waals surface area contributed by atoms with Crippen molar-refractivity contribution < 1.29 is 20.4 Å². The molecule has 4 atom stereocenters. The molecule has 0 spiro atoms. The molecule has 0 unspecified atom stereocenters. The molecule has 0 amide bonds. The van der Waals surface area contributed by atoms with Gasteiger partial charge in [-0.05, 0) is 19.1 Å². The van der Waals surface area contributed by atoms with E-state index >= 15 is 0 Å². The quantitative estimate of drug-likeness (QED) is 0.238. The summed E-state index contributed by atoms with van der Waals surface area (Å²) >= 11 is 4.72. The maximum absolute atomic E-state index is 9.68. The standard InChI is InChI=1S/C7H16N4O4S/c1-2(12)3(13)4(14)5(15)6-8-10-7(16)11-9-6/h2-6,8-9,12-15H,1H3,(H2,10,11,16)/t2-,3-,4+,5+/m0/s1. The van der Waals surface area contributed by atoms with E-state index in [9.17, 15) is 15.3 Å². The van der Waals surface area contributed by atoms with Crippen LogP contribution in [0.15, 0.2) is 0 Å². The van der Waals surface area contributed by atoms with Crippen LogP contribution in [-0.4, -0.2) is 56.1 Å². The minimum Gasteiger partial charge on any atom is -0.391 e. The van der Waals surface area contributed by atoms with E-state index in [2.05, 4.69) is 21.7 Å². The van der Waals surface area contributed by atoms with Crippen molar-refractivity contribution in [3.8, 4) is 0 Å². The summed E-state index contributed by atoms with van der Waals surface area (Å²) in [6.45, 7) is 1.31. The SMILES string of the molecule is C[C@H](O)[C@H](O)[C@@H](O)[C@@H](O)C1NNC(=S)NN1. The van der Waals surface area contributed by atoms with Gasteiger partial charge in [-0.1, -0.05) is 0 Å². The summed E-state index contributed by atoms with van der Waals surface area (Å²) in [6, 6.07) is 0. The van der Waals surface area contributed by atoms with Crippen molar-refractivity contribution in [2.24, 2.45) is 0 Å². The van der Waals surface area contributed by atoms with E-state index < -0.39 is 30.6 Å². The van der Waals surface area contributed by atoms with E-state index in [1.165, 1.54) is 6.92 Å². The second-order valence-electron chi connectivity index (χ2n) is 3.56. The highest BCUT2D eigenvalue weighted by molar-refractivity contribution is 7.80. The number of aliphatic hydroxyl groups is 4. The molecule has 0 saturated carbocycles. The van der Waals surface area contributed by atoms with Crippen LogP contribution in [-0.2, 0) is 0 Å². The maximum Gasteiger partial charge on any atom is 0.195 e. The average Bonchev–Trinajstić information content (AvgIpc) is 2.27. The highest BCUT2D eigenvalue weighted by Gasteiger charge is 2.34. The predicted molar refractivity (Wildman–Crippen MR) is 58.6 cm³/mol. The third kappa shape index (κ3) is 3.22. The van der Waals surface area contributed by atoms with Gasteiger partial charge in [0.05, 0.1) is 6.10 Å². The Morgan fingerprint density at radius 2 is 1.56 bits per heavy atom. The average molecular weight is 252 g/mol. The van der Waals surface area contributed by atoms with E-state index in [0.717, 1.165) is 0 Å². The molecule has 1 heterocycles. The van der Waals surface area contributed by atoms with E-state index in [0.29, 0.717) is 0 Å². The Bertz CT molecular complexity index is 245. The van der Waals surface area contributed by atoms with Crippen molar-refractivity contribution in [2.75, 3.05) is 0 Å². The summed E-state index contributed by atoms with van der Waals surface area (Å²) in [6.07, 6.45) is -6.19. The molecule has 0 aliphatic carbocycles. The van der Waals surface area contributed by atoms with Gasteiger partial charge in [-0.15, -0.1) is 0 Å². The molecule has 1 fully saturated rings. The van der Waals surface area contributed by atoms with Gasteiger partial charge in [-0.25, -0.2) is 10.9 Å². The number of nitrogens with one attached hydrogen (secondary N) is 4. The molecule has 1 saturated heterocycles. The Kier molecular flexibility index (Phi) is 4.80. The fourth-order valence-corrected chi connectivity index (χ4v) is 1.33. The lowest BCUT2D eigenvalue weighted by atomic mass is 10.0. The normalized spacial score (nSPS) is 25.2. The summed E-state index contributed by atoms with van der Waals surface area (Å²) in [5.74, 6) is 0. The van der Waals surface area contributed by atoms with Crippen LogP contribution in [0, 0.1) is 0 Å². The monoisotopic (exact) mass is 252 g/mol. The van der Waals surface area contributed by atoms with E-state index in [-0.39, 0.29) is 5.11 Å². The van der Waals surface area contributed by atoms with Crippen molar-refractivity contribution in [3.63, 3.8) is 0 Å². The minimum atomic E-state index is -1.50. The topological polar surface area (TPSA) is 129 Å². The second kappa shape index (κ2) is 5.68. The first-order chi connectivity index (χ1) is 7.43. The molecular weight excluding hydrogens is 236 g/mol. The Labute approximate surface area is 97.6 Å². The van der Waals surface area contributed by atoms with Gasteiger partial charge < -0.3 is 20.4 Å².